The number of aliphatic hydroxyl groups is 1. The summed E-state index contributed by atoms with van der Waals surface area (Å²) < 4.78 is 20.1. The van der Waals surface area contributed by atoms with Crippen LogP contribution in [0.5, 0.6) is 5.75 Å². The molecular formula is C19H29FN6O2S. The molecule has 1 unspecified atom stereocenters. The molecule has 8 nitrogen and oxygen atoms in total. The maximum Gasteiger partial charge on any atom is 0.158 e. The largest absolute Gasteiger partial charge is 0.477 e. The minimum absolute atomic E-state index is 0.179. The molecule has 0 aliphatic rings. The van der Waals surface area contributed by atoms with Gasteiger partial charge in [-0.3, -0.25) is 0 Å². The summed E-state index contributed by atoms with van der Waals surface area (Å²) in [4.78, 5) is 10.2. The second kappa shape index (κ2) is 9.57. The Morgan fingerprint density at radius 1 is 1.31 bits per heavy atom. The SMILES string of the molecule is CCc1nc(C(N)O)c(Nc2cc(F)cc(OC(C)(C)SCN)c2)nc1N(C)C. The van der Waals surface area contributed by atoms with Gasteiger partial charge in [0.15, 0.2) is 11.6 Å². The van der Waals surface area contributed by atoms with Gasteiger partial charge in [0, 0.05) is 37.8 Å². The van der Waals surface area contributed by atoms with E-state index in [1.54, 1.807) is 6.07 Å². The Morgan fingerprint density at radius 3 is 2.55 bits per heavy atom. The van der Waals surface area contributed by atoms with Gasteiger partial charge in [0.1, 0.15) is 28.4 Å². The Bertz CT molecular complexity index is 848. The smallest absolute Gasteiger partial charge is 0.158 e. The molecular weight excluding hydrogens is 395 g/mol. The molecule has 0 bridgehead atoms. The highest BCUT2D eigenvalue weighted by atomic mass is 32.2. The normalized spacial score (nSPS) is 12.6. The van der Waals surface area contributed by atoms with Crippen molar-refractivity contribution in [3.63, 3.8) is 0 Å². The quantitative estimate of drug-likeness (QED) is 0.450. The number of nitrogens with one attached hydrogen (secondary N) is 1. The van der Waals surface area contributed by atoms with E-state index in [-0.39, 0.29) is 11.5 Å². The first-order valence-electron chi connectivity index (χ1n) is 9.18. The van der Waals surface area contributed by atoms with Crippen LogP contribution in [0, 0.1) is 5.82 Å². The van der Waals surface area contributed by atoms with Gasteiger partial charge in [0.25, 0.3) is 0 Å². The van der Waals surface area contributed by atoms with Crippen LogP contribution < -0.4 is 26.4 Å². The van der Waals surface area contributed by atoms with Gasteiger partial charge in [0.05, 0.1) is 5.69 Å². The zero-order chi connectivity index (χ0) is 21.8. The highest BCUT2D eigenvalue weighted by Gasteiger charge is 2.21. The van der Waals surface area contributed by atoms with E-state index in [0.29, 0.717) is 35.2 Å². The number of aliphatic hydroxyl groups excluding tert-OH is 1. The number of hydrogen-bond acceptors (Lipinski definition) is 9. The summed E-state index contributed by atoms with van der Waals surface area (Å²) in [6.07, 6.45) is -0.720. The maximum atomic E-state index is 14.2. The van der Waals surface area contributed by atoms with Crippen LogP contribution in [0.4, 0.5) is 21.7 Å². The highest BCUT2D eigenvalue weighted by molar-refractivity contribution is 8.00. The van der Waals surface area contributed by atoms with E-state index in [9.17, 15) is 9.50 Å². The Hall–Kier alpha value is -2.14. The third-order valence-corrected chi connectivity index (χ3v) is 4.89. The number of nitrogens with zero attached hydrogens (tertiary/aromatic N) is 3. The van der Waals surface area contributed by atoms with Crippen molar-refractivity contribution < 1.29 is 14.2 Å². The van der Waals surface area contributed by atoms with Crippen molar-refractivity contribution in [2.45, 2.75) is 38.4 Å². The second-order valence-corrected chi connectivity index (χ2v) is 8.64. The lowest BCUT2D eigenvalue weighted by Crippen LogP contribution is -2.25. The van der Waals surface area contributed by atoms with Crippen LogP contribution in [0.25, 0.3) is 0 Å². The lowest BCUT2D eigenvalue weighted by atomic mass is 10.2. The molecule has 6 N–H and O–H groups in total. The van der Waals surface area contributed by atoms with Gasteiger partial charge in [0.2, 0.25) is 0 Å². The zero-order valence-electron chi connectivity index (χ0n) is 17.4. The van der Waals surface area contributed by atoms with E-state index in [4.69, 9.17) is 16.2 Å². The molecule has 0 saturated carbocycles. The van der Waals surface area contributed by atoms with Gasteiger partial charge in [-0.2, -0.15) is 0 Å². The van der Waals surface area contributed by atoms with Crippen LogP contribution in [0.3, 0.4) is 0 Å². The summed E-state index contributed by atoms with van der Waals surface area (Å²) in [6.45, 7) is 5.64. The Kier molecular flexibility index (Phi) is 7.64. The summed E-state index contributed by atoms with van der Waals surface area (Å²) in [5.41, 5.74) is 12.5. The van der Waals surface area contributed by atoms with Gasteiger partial charge < -0.3 is 31.5 Å². The van der Waals surface area contributed by atoms with E-state index in [0.717, 1.165) is 0 Å². The number of anilines is 3. The van der Waals surface area contributed by atoms with Crippen LogP contribution in [0.15, 0.2) is 18.2 Å². The lowest BCUT2D eigenvalue weighted by molar-refractivity contribution is 0.181. The van der Waals surface area contributed by atoms with Crippen LogP contribution in [0.1, 0.15) is 38.4 Å². The molecule has 10 heteroatoms. The molecule has 0 radical (unpaired) electrons. The van der Waals surface area contributed by atoms with Crippen LogP contribution in [0.2, 0.25) is 0 Å². The third-order valence-electron chi connectivity index (χ3n) is 3.94. The number of ether oxygens (including phenoxy) is 1. The molecule has 0 spiro atoms. The minimum Gasteiger partial charge on any atom is -0.477 e. The first-order chi connectivity index (χ1) is 13.6. The average Bonchev–Trinajstić information content (AvgIpc) is 2.59. The van der Waals surface area contributed by atoms with Crippen molar-refractivity contribution in [1.82, 2.24) is 9.97 Å². The molecule has 29 heavy (non-hydrogen) atoms. The number of halogens is 1. The van der Waals surface area contributed by atoms with E-state index in [1.165, 1.54) is 23.9 Å². The number of rotatable bonds is 9. The van der Waals surface area contributed by atoms with Crippen molar-refractivity contribution in [2.75, 3.05) is 30.2 Å². The number of aromatic nitrogens is 2. The topological polar surface area (TPSA) is 123 Å². The van der Waals surface area contributed by atoms with E-state index in [1.807, 2.05) is 39.8 Å². The predicted molar refractivity (Wildman–Crippen MR) is 116 cm³/mol. The molecule has 0 fully saturated rings. The van der Waals surface area contributed by atoms with Gasteiger partial charge in [-0.05, 0) is 26.3 Å². The van der Waals surface area contributed by atoms with Crippen molar-refractivity contribution >= 4 is 29.1 Å². The maximum absolute atomic E-state index is 14.2. The van der Waals surface area contributed by atoms with Gasteiger partial charge in [-0.25, -0.2) is 14.4 Å². The van der Waals surface area contributed by atoms with Crippen molar-refractivity contribution in [3.05, 3.63) is 35.4 Å². The van der Waals surface area contributed by atoms with E-state index < -0.39 is 17.0 Å². The molecule has 0 amide bonds. The molecule has 1 aromatic carbocycles. The predicted octanol–water partition coefficient (Wildman–Crippen LogP) is 2.70. The van der Waals surface area contributed by atoms with Crippen LogP contribution >= 0.6 is 11.8 Å². The van der Waals surface area contributed by atoms with Gasteiger partial charge in [-0.1, -0.05) is 6.92 Å². The van der Waals surface area contributed by atoms with Crippen molar-refractivity contribution in [2.24, 2.45) is 11.5 Å². The van der Waals surface area contributed by atoms with Crippen molar-refractivity contribution in [3.8, 4) is 5.75 Å². The van der Waals surface area contributed by atoms with Gasteiger partial charge >= 0.3 is 0 Å². The summed E-state index contributed by atoms with van der Waals surface area (Å²) in [5, 5.41) is 13.0. The van der Waals surface area contributed by atoms with Crippen LogP contribution in [-0.4, -0.2) is 40.0 Å². The molecule has 2 rings (SSSR count). The Balaban J connectivity index is 2.44. The molecule has 0 saturated heterocycles. The first-order valence-corrected chi connectivity index (χ1v) is 10.2. The molecule has 1 heterocycles. The number of thioether (sulfide) groups is 1. The lowest BCUT2D eigenvalue weighted by Gasteiger charge is -2.25. The van der Waals surface area contributed by atoms with E-state index in [2.05, 4.69) is 15.3 Å². The molecule has 2 aromatic rings. The standard InChI is InChI=1S/C19H29FN6O2S/c1-6-14-18(26(4)5)25-17(15(24-14)16(22)27)23-12-7-11(20)8-13(9-12)28-19(2,3)29-10-21/h7-9,16,27H,6,10,21-22H2,1-5H3,(H,23,25). The monoisotopic (exact) mass is 424 g/mol. The summed E-state index contributed by atoms with van der Waals surface area (Å²) in [7, 11) is 3.69. The first kappa shape index (κ1) is 23.1. The minimum atomic E-state index is -1.34. The molecule has 160 valence electrons. The third kappa shape index (κ3) is 6.17. The summed E-state index contributed by atoms with van der Waals surface area (Å²) in [5.74, 6) is 1.09. The molecule has 1 atom stereocenters. The number of benzene rings is 1. The molecule has 1 aromatic heterocycles. The number of aryl methyl sites for hydroxylation is 1. The fourth-order valence-corrected chi connectivity index (χ4v) is 3.27. The van der Waals surface area contributed by atoms with Crippen molar-refractivity contribution in [1.29, 1.82) is 0 Å². The second-order valence-electron chi connectivity index (χ2n) is 7.03. The fourth-order valence-electron chi connectivity index (χ4n) is 2.71. The Labute approximate surface area is 174 Å². The van der Waals surface area contributed by atoms with Gasteiger partial charge in [-0.15, -0.1) is 11.8 Å². The summed E-state index contributed by atoms with van der Waals surface area (Å²) >= 11 is 1.39. The van der Waals surface area contributed by atoms with Crippen LogP contribution in [-0.2, 0) is 6.42 Å². The molecule has 0 aliphatic carbocycles. The average molecular weight is 425 g/mol. The Morgan fingerprint density at radius 2 is 2.00 bits per heavy atom. The number of hydrogen-bond donors (Lipinski definition) is 4. The number of nitrogens with two attached hydrogens (primary N) is 2. The highest BCUT2D eigenvalue weighted by Crippen LogP contribution is 2.32. The zero-order valence-corrected chi connectivity index (χ0v) is 18.2. The van der Waals surface area contributed by atoms with E-state index >= 15 is 0 Å². The fraction of sp³-hybridized carbons (Fsp3) is 0.474. The molecule has 0 aliphatic heterocycles. The summed E-state index contributed by atoms with van der Waals surface area (Å²) in [6, 6.07) is 4.23.